The molecule has 25 heavy (non-hydrogen) atoms. The minimum absolute atomic E-state index is 0.0470. The molecule has 8 heteroatoms. The molecule has 0 saturated carbocycles. The standard InChI is InChI=1S/C17H23N5O3/c18-14(23)12-2-3-13(20-12)15(24)19-11-8-22(9-11)16(25)17-4-1-6-21(10-17)7-5-17/h2-3,11,20H,1,4-10H2,(H2,18,23)(H,19,24). The number of nitrogens with two attached hydrogens (primary N) is 1. The van der Waals surface area contributed by atoms with Crippen LogP contribution in [0, 0.1) is 5.41 Å². The molecule has 3 saturated heterocycles. The largest absolute Gasteiger partial charge is 0.364 e. The highest BCUT2D eigenvalue weighted by atomic mass is 16.2. The number of hydrogen-bond donors (Lipinski definition) is 3. The molecule has 4 N–H and O–H groups in total. The van der Waals surface area contributed by atoms with Crippen molar-refractivity contribution in [3.8, 4) is 0 Å². The molecule has 1 aromatic heterocycles. The number of fused-ring (bicyclic) bond motifs is 2. The molecule has 2 atom stereocenters. The number of rotatable bonds is 4. The second kappa shape index (κ2) is 5.87. The first-order valence-corrected chi connectivity index (χ1v) is 8.78. The number of hydrogen-bond acceptors (Lipinski definition) is 4. The van der Waals surface area contributed by atoms with Crippen LogP contribution in [0.4, 0.5) is 0 Å². The Hall–Kier alpha value is -2.35. The maximum absolute atomic E-state index is 12.9. The van der Waals surface area contributed by atoms with Crippen molar-refractivity contribution in [2.24, 2.45) is 11.1 Å². The van der Waals surface area contributed by atoms with Crippen molar-refractivity contribution in [3.63, 3.8) is 0 Å². The average Bonchev–Trinajstić information content (AvgIpc) is 3.16. The maximum atomic E-state index is 12.9. The quantitative estimate of drug-likeness (QED) is 0.685. The Balaban J connectivity index is 1.30. The molecule has 2 unspecified atom stereocenters. The molecule has 3 amide bonds. The summed E-state index contributed by atoms with van der Waals surface area (Å²) in [6.07, 6.45) is 3.03. The number of nitrogens with zero attached hydrogens (tertiary/aromatic N) is 2. The molecule has 3 aliphatic heterocycles. The predicted molar refractivity (Wildman–Crippen MR) is 89.9 cm³/mol. The molecular formula is C17H23N5O3. The van der Waals surface area contributed by atoms with Gasteiger partial charge in [-0.2, -0.15) is 0 Å². The summed E-state index contributed by atoms with van der Waals surface area (Å²) in [5.41, 5.74) is 5.48. The maximum Gasteiger partial charge on any atom is 0.268 e. The Bertz CT molecular complexity index is 720. The molecule has 134 valence electrons. The molecule has 0 radical (unpaired) electrons. The van der Waals surface area contributed by atoms with Crippen LogP contribution >= 0.6 is 0 Å². The van der Waals surface area contributed by atoms with E-state index >= 15 is 0 Å². The van der Waals surface area contributed by atoms with E-state index in [2.05, 4.69) is 15.2 Å². The van der Waals surface area contributed by atoms with Crippen LogP contribution in [0.1, 0.15) is 40.2 Å². The lowest BCUT2D eigenvalue weighted by Gasteiger charge is -2.45. The molecule has 8 nitrogen and oxygen atoms in total. The van der Waals surface area contributed by atoms with Gasteiger partial charge in [0.05, 0.1) is 11.5 Å². The van der Waals surface area contributed by atoms with Gasteiger partial charge in [0.1, 0.15) is 11.4 Å². The van der Waals surface area contributed by atoms with Crippen LogP contribution in [0.3, 0.4) is 0 Å². The van der Waals surface area contributed by atoms with Gasteiger partial charge in [-0.3, -0.25) is 14.4 Å². The van der Waals surface area contributed by atoms with Gasteiger partial charge in [-0.05, 0) is 44.5 Å². The van der Waals surface area contributed by atoms with E-state index in [0.29, 0.717) is 18.8 Å². The van der Waals surface area contributed by atoms with E-state index in [1.165, 1.54) is 12.1 Å². The van der Waals surface area contributed by atoms with E-state index < -0.39 is 5.91 Å². The highest BCUT2D eigenvalue weighted by Gasteiger charge is 2.50. The van der Waals surface area contributed by atoms with Gasteiger partial charge in [0, 0.05) is 19.6 Å². The van der Waals surface area contributed by atoms with Crippen LogP contribution < -0.4 is 11.1 Å². The molecule has 0 spiro atoms. The molecule has 4 heterocycles. The lowest BCUT2D eigenvalue weighted by atomic mass is 9.78. The fourth-order valence-corrected chi connectivity index (χ4v) is 4.28. The van der Waals surface area contributed by atoms with Gasteiger partial charge in [0.15, 0.2) is 0 Å². The van der Waals surface area contributed by atoms with Crippen LogP contribution in [0.25, 0.3) is 0 Å². The summed E-state index contributed by atoms with van der Waals surface area (Å²) in [4.78, 5) is 43.1. The second-order valence-electron chi connectivity index (χ2n) is 7.44. The number of nitrogens with one attached hydrogen (secondary N) is 2. The van der Waals surface area contributed by atoms with Crippen molar-refractivity contribution in [2.75, 3.05) is 32.7 Å². The predicted octanol–water partition coefficient (Wildman–Crippen LogP) is -0.460. The number of H-pyrrole nitrogens is 1. The van der Waals surface area contributed by atoms with Gasteiger partial charge >= 0.3 is 0 Å². The third-order valence-corrected chi connectivity index (χ3v) is 5.72. The van der Waals surface area contributed by atoms with Crippen molar-refractivity contribution in [3.05, 3.63) is 23.5 Å². The lowest BCUT2D eigenvalue weighted by molar-refractivity contribution is -0.147. The molecule has 2 bridgehead atoms. The van der Waals surface area contributed by atoms with Gasteiger partial charge in [-0.15, -0.1) is 0 Å². The van der Waals surface area contributed by atoms with Gasteiger partial charge in [0.25, 0.3) is 11.8 Å². The van der Waals surface area contributed by atoms with Crippen LogP contribution in [0.15, 0.2) is 12.1 Å². The zero-order chi connectivity index (χ0) is 17.6. The monoisotopic (exact) mass is 345 g/mol. The summed E-state index contributed by atoms with van der Waals surface area (Å²) >= 11 is 0. The topological polar surface area (TPSA) is 112 Å². The number of aromatic nitrogens is 1. The van der Waals surface area contributed by atoms with Gasteiger partial charge in [0.2, 0.25) is 5.91 Å². The lowest BCUT2D eigenvalue weighted by Crippen LogP contribution is -2.64. The van der Waals surface area contributed by atoms with E-state index in [1.54, 1.807) is 0 Å². The minimum atomic E-state index is -0.600. The number of piperidine rings is 1. The number of primary amides is 1. The van der Waals surface area contributed by atoms with E-state index in [4.69, 9.17) is 5.73 Å². The fourth-order valence-electron chi connectivity index (χ4n) is 4.28. The summed E-state index contributed by atoms with van der Waals surface area (Å²) in [6.45, 7) is 4.12. The normalized spacial score (nSPS) is 28.5. The second-order valence-corrected chi connectivity index (χ2v) is 7.44. The number of carbonyl (C=O) groups excluding carboxylic acids is 3. The summed E-state index contributed by atoms with van der Waals surface area (Å²) in [7, 11) is 0. The smallest absolute Gasteiger partial charge is 0.268 e. The van der Waals surface area contributed by atoms with Gasteiger partial charge in [-0.1, -0.05) is 0 Å². The molecule has 1 aromatic rings. The third-order valence-electron chi connectivity index (χ3n) is 5.72. The molecule has 3 aliphatic rings. The summed E-state index contributed by atoms with van der Waals surface area (Å²) in [5.74, 6) is -0.639. The summed E-state index contributed by atoms with van der Waals surface area (Å²) in [6, 6.07) is 2.97. The van der Waals surface area contributed by atoms with Crippen molar-refractivity contribution in [2.45, 2.75) is 25.3 Å². The highest BCUT2D eigenvalue weighted by Crippen LogP contribution is 2.41. The van der Waals surface area contributed by atoms with Crippen LogP contribution in [-0.2, 0) is 4.79 Å². The Labute approximate surface area is 145 Å². The first-order valence-electron chi connectivity index (χ1n) is 8.78. The van der Waals surface area contributed by atoms with E-state index in [0.717, 1.165) is 38.9 Å². The first-order chi connectivity index (χ1) is 12.0. The summed E-state index contributed by atoms with van der Waals surface area (Å²) in [5, 5.41) is 2.89. The molecule has 3 fully saturated rings. The first kappa shape index (κ1) is 16.1. The van der Waals surface area contributed by atoms with Crippen molar-refractivity contribution >= 4 is 17.7 Å². The van der Waals surface area contributed by atoms with Crippen LogP contribution in [-0.4, -0.2) is 71.3 Å². The van der Waals surface area contributed by atoms with Crippen molar-refractivity contribution < 1.29 is 14.4 Å². The zero-order valence-corrected chi connectivity index (χ0v) is 14.1. The Morgan fingerprint density at radius 2 is 1.92 bits per heavy atom. The molecular weight excluding hydrogens is 322 g/mol. The molecule has 0 aromatic carbocycles. The average molecular weight is 345 g/mol. The zero-order valence-electron chi connectivity index (χ0n) is 14.1. The SMILES string of the molecule is NC(=O)c1ccc(C(=O)NC2CN(C(=O)C34CCCN(CC3)C4)C2)[nH]1. The van der Waals surface area contributed by atoms with Crippen LogP contribution in [0.2, 0.25) is 0 Å². The van der Waals surface area contributed by atoms with E-state index in [-0.39, 0.29) is 29.0 Å². The molecule has 4 rings (SSSR count). The number of carbonyl (C=O) groups is 3. The fraction of sp³-hybridized carbons (Fsp3) is 0.588. The van der Waals surface area contributed by atoms with Crippen molar-refractivity contribution in [1.82, 2.24) is 20.1 Å². The van der Waals surface area contributed by atoms with Crippen LogP contribution in [0.5, 0.6) is 0 Å². The van der Waals surface area contributed by atoms with E-state index in [9.17, 15) is 14.4 Å². The minimum Gasteiger partial charge on any atom is -0.364 e. The van der Waals surface area contributed by atoms with Gasteiger partial charge < -0.3 is 25.8 Å². The van der Waals surface area contributed by atoms with Gasteiger partial charge in [-0.25, -0.2) is 0 Å². The Morgan fingerprint density at radius 3 is 2.64 bits per heavy atom. The Morgan fingerprint density at radius 1 is 1.16 bits per heavy atom. The van der Waals surface area contributed by atoms with Crippen molar-refractivity contribution in [1.29, 1.82) is 0 Å². The number of amides is 3. The Kier molecular flexibility index (Phi) is 3.79. The molecule has 0 aliphatic carbocycles. The number of likely N-dealkylation sites (tertiary alicyclic amines) is 1. The highest BCUT2D eigenvalue weighted by molar-refractivity contribution is 5.97. The summed E-state index contributed by atoms with van der Waals surface area (Å²) < 4.78 is 0. The van der Waals surface area contributed by atoms with E-state index in [1.807, 2.05) is 4.90 Å². The third kappa shape index (κ3) is 2.80. The number of aromatic amines is 1.